The Morgan fingerprint density at radius 1 is 0.870 bits per heavy atom. The number of benzene rings is 1. The zero-order valence-electron chi connectivity index (χ0n) is 15.5. The maximum atomic E-state index is 12.1. The van der Waals surface area contributed by atoms with Gasteiger partial charge in [0.1, 0.15) is 5.82 Å². The van der Waals surface area contributed by atoms with Gasteiger partial charge in [0, 0.05) is 6.54 Å². The lowest BCUT2D eigenvalue weighted by molar-refractivity contribution is 0.174. The summed E-state index contributed by atoms with van der Waals surface area (Å²) in [5.74, 6) is 0.877. The predicted molar refractivity (Wildman–Crippen MR) is 99.4 cm³/mol. The van der Waals surface area contributed by atoms with E-state index in [1.165, 1.54) is 83.1 Å². The first-order valence-electron chi connectivity index (χ1n) is 9.68. The molecule has 132 valence electrons. The topological polar surface area (TPSA) is 3.24 Å². The molecule has 1 saturated carbocycles. The fraction of sp³-hybridized carbons (Fsp3) is 0.714. The summed E-state index contributed by atoms with van der Waals surface area (Å²) in [6.07, 6.45) is 11.9. The number of nitrogens with zero attached hydrogens (tertiary/aromatic N) is 1. The van der Waals surface area contributed by atoms with Crippen molar-refractivity contribution in [3.8, 4) is 0 Å². The van der Waals surface area contributed by atoms with Gasteiger partial charge >= 0.3 is 0 Å². The molecule has 0 spiro atoms. The van der Waals surface area contributed by atoms with Crippen LogP contribution in [0, 0.1) is 18.7 Å². The Balaban J connectivity index is 0.000000228. The van der Waals surface area contributed by atoms with Crippen molar-refractivity contribution in [3.63, 3.8) is 0 Å². The number of rotatable bonds is 2. The van der Waals surface area contributed by atoms with Gasteiger partial charge in [-0.3, -0.25) is 0 Å². The molecule has 1 aliphatic carbocycles. The zero-order chi connectivity index (χ0) is 16.9. The summed E-state index contributed by atoms with van der Waals surface area (Å²) in [6, 6.07) is 6.40. The summed E-state index contributed by atoms with van der Waals surface area (Å²) < 4.78 is 12.1. The predicted octanol–water partition coefficient (Wildman–Crippen LogP) is 6.21. The van der Waals surface area contributed by atoms with Crippen LogP contribution in [0.15, 0.2) is 24.3 Å². The molecule has 2 heteroatoms. The second-order valence-corrected chi connectivity index (χ2v) is 6.66. The Morgan fingerprint density at radius 3 is 1.91 bits per heavy atom. The molecular weight excluding hydrogens is 285 g/mol. The largest absolute Gasteiger partial charge is 0.303 e. The SMILES string of the molecule is C1CCC(CN2CCCCC2)CC1.CC.Cc1ccc(F)cc1. The quantitative estimate of drug-likeness (QED) is 0.625. The van der Waals surface area contributed by atoms with E-state index in [-0.39, 0.29) is 5.82 Å². The highest BCUT2D eigenvalue weighted by molar-refractivity contribution is 5.13. The Kier molecular flexibility index (Phi) is 11.0. The Labute approximate surface area is 143 Å². The summed E-state index contributed by atoms with van der Waals surface area (Å²) >= 11 is 0. The maximum absolute atomic E-state index is 12.1. The molecule has 2 aliphatic rings. The van der Waals surface area contributed by atoms with Crippen LogP contribution in [0.3, 0.4) is 0 Å². The molecule has 1 aliphatic heterocycles. The third kappa shape index (κ3) is 9.10. The lowest BCUT2D eigenvalue weighted by Crippen LogP contribution is -2.34. The summed E-state index contributed by atoms with van der Waals surface area (Å²) in [5.41, 5.74) is 1.09. The van der Waals surface area contributed by atoms with Gasteiger partial charge in [-0.05, 0) is 63.7 Å². The first-order chi connectivity index (χ1) is 11.2. The molecule has 3 rings (SSSR count). The molecule has 0 unspecified atom stereocenters. The monoisotopic (exact) mass is 321 g/mol. The van der Waals surface area contributed by atoms with Crippen LogP contribution in [0.4, 0.5) is 4.39 Å². The molecular formula is C21H36FN. The van der Waals surface area contributed by atoms with E-state index in [1.54, 1.807) is 12.1 Å². The highest BCUT2D eigenvalue weighted by atomic mass is 19.1. The van der Waals surface area contributed by atoms with Crippen molar-refractivity contribution < 1.29 is 4.39 Å². The van der Waals surface area contributed by atoms with Crippen molar-refractivity contribution in [1.82, 2.24) is 4.90 Å². The van der Waals surface area contributed by atoms with Crippen LogP contribution in [0.25, 0.3) is 0 Å². The maximum Gasteiger partial charge on any atom is 0.123 e. The summed E-state index contributed by atoms with van der Waals surface area (Å²) in [6.45, 7) is 10.1. The lowest BCUT2D eigenvalue weighted by Gasteiger charge is -2.32. The van der Waals surface area contributed by atoms with Crippen LogP contribution >= 0.6 is 0 Å². The average Bonchev–Trinajstić information content (AvgIpc) is 2.62. The Hall–Kier alpha value is -0.890. The van der Waals surface area contributed by atoms with E-state index in [0.717, 1.165) is 11.5 Å². The van der Waals surface area contributed by atoms with E-state index in [1.807, 2.05) is 20.8 Å². The van der Waals surface area contributed by atoms with Crippen molar-refractivity contribution in [3.05, 3.63) is 35.6 Å². The second-order valence-electron chi connectivity index (χ2n) is 6.66. The number of likely N-dealkylation sites (tertiary alicyclic amines) is 1. The molecule has 0 aromatic heterocycles. The van der Waals surface area contributed by atoms with Crippen molar-refractivity contribution in [2.75, 3.05) is 19.6 Å². The molecule has 0 atom stereocenters. The number of hydrogen-bond donors (Lipinski definition) is 0. The van der Waals surface area contributed by atoms with E-state index in [0.29, 0.717) is 0 Å². The van der Waals surface area contributed by atoms with Gasteiger partial charge in [-0.2, -0.15) is 0 Å². The van der Waals surface area contributed by atoms with E-state index in [9.17, 15) is 4.39 Å². The normalized spacial score (nSPS) is 19.1. The molecule has 0 radical (unpaired) electrons. The van der Waals surface area contributed by atoms with Gasteiger partial charge in [0.25, 0.3) is 0 Å². The van der Waals surface area contributed by atoms with E-state index < -0.39 is 0 Å². The highest BCUT2D eigenvalue weighted by Crippen LogP contribution is 2.25. The van der Waals surface area contributed by atoms with Gasteiger partial charge in [0.15, 0.2) is 0 Å². The average molecular weight is 322 g/mol. The van der Waals surface area contributed by atoms with Gasteiger partial charge in [-0.1, -0.05) is 57.2 Å². The van der Waals surface area contributed by atoms with E-state index in [4.69, 9.17) is 0 Å². The zero-order valence-corrected chi connectivity index (χ0v) is 15.5. The van der Waals surface area contributed by atoms with E-state index in [2.05, 4.69) is 4.90 Å². The van der Waals surface area contributed by atoms with Crippen LogP contribution in [0.1, 0.15) is 70.8 Å². The van der Waals surface area contributed by atoms with Gasteiger partial charge in [0.05, 0.1) is 0 Å². The smallest absolute Gasteiger partial charge is 0.123 e. The second kappa shape index (κ2) is 12.5. The first kappa shape index (κ1) is 20.2. The van der Waals surface area contributed by atoms with Crippen LogP contribution in [-0.2, 0) is 0 Å². The number of piperidine rings is 1. The van der Waals surface area contributed by atoms with Gasteiger partial charge in [0.2, 0.25) is 0 Å². The standard InChI is InChI=1S/C12H23N.C7H7F.C2H6/c1-3-7-12(8-4-1)11-13-9-5-2-6-10-13;1-6-2-4-7(8)5-3-6;1-2/h12H,1-11H2;2-5H,1H3;1-2H3. The number of aryl methyl sites for hydroxylation is 1. The van der Waals surface area contributed by atoms with Crippen molar-refractivity contribution in [1.29, 1.82) is 0 Å². The molecule has 1 saturated heterocycles. The molecule has 1 aromatic rings. The Bertz CT molecular complexity index is 338. The Morgan fingerprint density at radius 2 is 1.39 bits per heavy atom. The van der Waals surface area contributed by atoms with Crippen molar-refractivity contribution >= 4 is 0 Å². The molecule has 1 nitrogen and oxygen atoms in total. The summed E-state index contributed by atoms with van der Waals surface area (Å²) in [7, 11) is 0. The van der Waals surface area contributed by atoms with Crippen LogP contribution in [-0.4, -0.2) is 24.5 Å². The molecule has 0 N–H and O–H groups in total. The lowest BCUT2D eigenvalue weighted by atomic mass is 9.88. The fourth-order valence-corrected chi connectivity index (χ4v) is 3.41. The first-order valence-corrected chi connectivity index (χ1v) is 9.68. The van der Waals surface area contributed by atoms with Crippen LogP contribution in [0.5, 0.6) is 0 Å². The molecule has 1 heterocycles. The van der Waals surface area contributed by atoms with Gasteiger partial charge in [-0.25, -0.2) is 4.39 Å². The molecule has 2 fully saturated rings. The fourth-order valence-electron chi connectivity index (χ4n) is 3.41. The number of halogens is 1. The van der Waals surface area contributed by atoms with Crippen LogP contribution in [0.2, 0.25) is 0 Å². The van der Waals surface area contributed by atoms with Crippen molar-refractivity contribution in [2.45, 2.75) is 72.1 Å². The minimum atomic E-state index is -0.171. The molecule has 0 bridgehead atoms. The molecule has 23 heavy (non-hydrogen) atoms. The molecule has 0 amide bonds. The molecule has 1 aromatic carbocycles. The van der Waals surface area contributed by atoms with Gasteiger partial charge in [-0.15, -0.1) is 0 Å². The van der Waals surface area contributed by atoms with Gasteiger partial charge < -0.3 is 4.90 Å². The number of hydrogen-bond acceptors (Lipinski definition) is 1. The minimum absolute atomic E-state index is 0.171. The summed E-state index contributed by atoms with van der Waals surface area (Å²) in [5, 5.41) is 0. The third-order valence-corrected chi connectivity index (χ3v) is 4.70. The van der Waals surface area contributed by atoms with E-state index >= 15 is 0 Å². The van der Waals surface area contributed by atoms with Crippen molar-refractivity contribution in [2.24, 2.45) is 5.92 Å². The minimum Gasteiger partial charge on any atom is -0.303 e. The third-order valence-electron chi connectivity index (χ3n) is 4.70. The summed E-state index contributed by atoms with van der Waals surface area (Å²) in [4.78, 5) is 2.71. The van der Waals surface area contributed by atoms with Crippen LogP contribution < -0.4 is 0 Å². The highest BCUT2D eigenvalue weighted by Gasteiger charge is 2.18.